The van der Waals surface area contributed by atoms with Gasteiger partial charge in [-0.2, -0.15) is 4.98 Å². The van der Waals surface area contributed by atoms with E-state index in [4.69, 9.17) is 32.9 Å². The van der Waals surface area contributed by atoms with Crippen molar-refractivity contribution >= 4 is 46.0 Å². The van der Waals surface area contributed by atoms with Crippen molar-refractivity contribution in [2.75, 3.05) is 18.1 Å². The summed E-state index contributed by atoms with van der Waals surface area (Å²) in [5, 5.41) is 0.891. The fourth-order valence-corrected chi connectivity index (χ4v) is 4.83. The van der Waals surface area contributed by atoms with Crippen LogP contribution in [-0.2, 0) is 20.1 Å². The Labute approximate surface area is 205 Å². The minimum Gasteiger partial charge on any atom is -0.494 e. The van der Waals surface area contributed by atoms with Crippen LogP contribution in [0.15, 0.2) is 52.1 Å². The predicted octanol–water partition coefficient (Wildman–Crippen LogP) is 4.19. The van der Waals surface area contributed by atoms with Crippen LogP contribution in [0.5, 0.6) is 5.75 Å². The normalized spacial score (nSPS) is 13.4. The van der Waals surface area contributed by atoms with Crippen LogP contribution < -0.4 is 20.9 Å². The first-order chi connectivity index (χ1) is 16.4. The van der Waals surface area contributed by atoms with E-state index in [0.29, 0.717) is 45.9 Å². The Hall–Kier alpha value is -3.23. The number of anilines is 2. The monoisotopic (exact) mass is 499 g/mol. The second kappa shape index (κ2) is 8.85. The van der Waals surface area contributed by atoms with Gasteiger partial charge in [0.15, 0.2) is 11.2 Å². The number of rotatable bonds is 5. The summed E-state index contributed by atoms with van der Waals surface area (Å²) >= 11 is 12.3. The Kier molecular flexibility index (Phi) is 5.87. The fraction of sp³-hybridized carbons (Fsp3) is 0.292. The topological polar surface area (TPSA) is 74.3 Å². The SMILES string of the molecule is CCOc1ccc(N2CCCn3c2nc2c3c(=O)n(Cc3ccc(Cl)cc3Cl)c(=O)n2C)cc1. The molecule has 10 heteroatoms. The highest BCUT2D eigenvalue weighted by atomic mass is 35.5. The lowest BCUT2D eigenvalue weighted by Crippen LogP contribution is -2.40. The summed E-state index contributed by atoms with van der Waals surface area (Å²) in [6.07, 6.45) is 0.830. The van der Waals surface area contributed by atoms with E-state index >= 15 is 0 Å². The van der Waals surface area contributed by atoms with Gasteiger partial charge in [-0.1, -0.05) is 29.3 Å². The van der Waals surface area contributed by atoms with E-state index in [1.807, 2.05) is 35.8 Å². The fourth-order valence-electron chi connectivity index (χ4n) is 4.36. The molecule has 2 aromatic carbocycles. The van der Waals surface area contributed by atoms with E-state index in [9.17, 15) is 9.59 Å². The lowest BCUT2D eigenvalue weighted by atomic mass is 10.2. The molecule has 0 unspecified atom stereocenters. The van der Waals surface area contributed by atoms with Crippen LogP contribution in [-0.4, -0.2) is 31.8 Å². The lowest BCUT2D eigenvalue weighted by Gasteiger charge is -2.29. The third kappa shape index (κ3) is 3.76. The Balaban J connectivity index is 1.63. The summed E-state index contributed by atoms with van der Waals surface area (Å²) in [5.74, 6) is 1.43. The average Bonchev–Trinajstić information content (AvgIpc) is 3.22. The number of ether oxygens (including phenoxy) is 1. The zero-order chi connectivity index (χ0) is 24.0. The van der Waals surface area contributed by atoms with Gasteiger partial charge in [0.05, 0.1) is 13.2 Å². The Bertz CT molecular complexity index is 1500. The lowest BCUT2D eigenvalue weighted by molar-refractivity contribution is 0.340. The molecule has 0 saturated heterocycles. The van der Waals surface area contributed by atoms with E-state index in [2.05, 4.69) is 4.90 Å². The minimum absolute atomic E-state index is 0.0422. The van der Waals surface area contributed by atoms with Crippen molar-refractivity contribution in [3.8, 4) is 5.75 Å². The summed E-state index contributed by atoms with van der Waals surface area (Å²) in [7, 11) is 1.63. The number of hydrogen-bond donors (Lipinski definition) is 0. The van der Waals surface area contributed by atoms with Crippen LogP contribution >= 0.6 is 23.2 Å². The van der Waals surface area contributed by atoms with Crippen LogP contribution in [0, 0.1) is 0 Å². The van der Waals surface area contributed by atoms with Crippen molar-refractivity contribution in [3.05, 3.63) is 78.9 Å². The van der Waals surface area contributed by atoms with Gasteiger partial charge < -0.3 is 14.2 Å². The molecule has 3 heterocycles. The van der Waals surface area contributed by atoms with Crippen LogP contribution in [0.3, 0.4) is 0 Å². The molecule has 0 saturated carbocycles. The molecule has 0 radical (unpaired) electrons. The summed E-state index contributed by atoms with van der Waals surface area (Å²) in [6, 6.07) is 12.8. The third-order valence-corrected chi connectivity index (χ3v) is 6.61. The van der Waals surface area contributed by atoms with Gasteiger partial charge in [0, 0.05) is 35.9 Å². The third-order valence-electron chi connectivity index (χ3n) is 6.02. The molecular weight excluding hydrogens is 477 g/mol. The number of aromatic nitrogens is 4. The van der Waals surface area contributed by atoms with Crippen molar-refractivity contribution in [2.24, 2.45) is 7.05 Å². The van der Waals surface area contributed by atoms with Gasteiger partial charge in [0.1, 0.15) is 5.75 Å². The van der Waals surface area contributed by atoms with Gasteiger partial charge in [-0.25, -0.2) is 4.79 Å². The quantitative estimate of drug-likeness (QED) is 0.411. The molecule has 1 aliphatic heterocycles. The number of fused-ring (bicyclic) bond motifs is 3. The van der Waals surface area contributed by atoms with Crippen LogP contribution in [0.1, 0.15) is 18.9 Å². The minimum atomic E-state index is -0.452. The maximum Gasteiger partial charge on any atom is 0.332 e. The summed E-state index contributed by atoms with van der Waals surface area (Å²) < 4.78 is 10.1. The number of imidazole rings is 1. The second-order valence-electron chi connectivity index (χ2n) is 8.14. The summed E-state index contributed by atoms with van der Waals surface area (Å²) in [6.45, 7) is 3.97. The molecule has 1 aliphatic rings. The van der Waals surface area contributed by atoms with Gasteiger partial charge in [0.25, 0.3) is 5.56 Å². The maximum atomic E-state index is 13.6. The maximum absolute atomic E-state index is 13.6. The van der Waals surface area contributed by atoms with Crippen molar-refractivity contribution in [1.29, 1.82) is 0 Å². The number of hydrogen-bond acceptors (Lipinski definition) is 5. The smallest absolute Gasteiger partial charge is 0.332 e. The van der Waals surface area contributed by atoms with Gasteiger partial charge >= 0.3 is 5.69 Å². The molecule has 0 amide bonds. The molecular formula is C24H23Cl2N5O3. The predicted molar refractivity (Wildman–Crippen MR) is 134 cm³/mol. The molecule has 0 bridgehead atoms. The van der Waals surface area contributed by atoms with Crippen molar-refractivity contribution < 1.29 is 4.74 Å². The molecule has 34 heavy (non-hydrogen) atoms. The highest BCUT2D eigenvalue weighted by Gasteiger charge is 2.27. The van der Waals surface area contributed by atoms with E-state index in [1.165, 1.54) is 9.13 Å². The zero-order valence-corrected chi connectivity index (χ0v) is 20.3. The molecule has 5 rings (SSSR count). The standard InChI is InChI=1S/C24H23Cl2N5O3/c1-3-34-18-9-7-17(8-10-18)29-11-4-12-30-20-21(27-23(29)30)28(2)24(33)31(22(20)32)14-15-5-6-16(25)13-19(15)26/h5-10,13H,3-4,11-12,14H2,1-2H3. The zero-order valence-electron chi connectivity index (χ0n) is 18.8. The van der Waals surface area contributed by atoms with Gasteiger partial charge in [0.2, 0.25) is 5.95 Å². The number of halogens is 2. The Morgan fingerprint density at radius 2 is 1.82 bits per heavy atom. The number of benzene rings is 2. The van der Waals surface area contributed by atoms with Crippen LogP contribution in [0.2, 0.25) is 10.0 Å². The molecule has 2 aromatic heterocycles. The highest BCUT2D eigenvalue weighted by Crippen LogP contribution is 2.32. The molecule has 176 valence electrons. The van der Waals surface area contributed by atoms with E-state index < -0.39 is 11.2 Å². The molecule has 4 aromatic rings. The first-order valence-corrected chi connectivity index (χ1v) is 11.8. The Morgan fingerprint density at radius 3 is 2.53 bits per heavy atom. The molecule has 8 nitrogen and oxygen atoms in total. The number of nitrogens with zero attached hydrogens (tertiary/aromatic N) is 5. The van der Waals surface area contributed by atoms with E-state index in [1.54, 1.807) is 25.2 Å². The second-order valence-corrected chi connectivity index (χ2v) is 8.98. The first kappa shape index (κ1) is 22.6. The molecule has 0 atom stereocenters. The van der Waals surface area contributed by atoms with Gasteiger partial charge in [-0.05, 0) is 55.3 Å². The molecule has 0 spiro atoms. The molecule has 0 fully saturated rings. The van der Waals surface area contributed by atoms with Crippen molar-refractivity contribution in [1.82, 2.24) is 18.7 Å². The summed E-state index contributed by atoms with van der Waals surface area (Å²) in [5.41, 5.74) is 1.50. The Morgan fingerprint density at radius 1 is 1.06 bits per heavy atom. The van der Waals surface area contributed by atoms with Crippen molar-refractivity contribution in [3.63, 3.8) is 0 Å². The van der Waals surface area contributed by atoms with Gasteiger partial charge in [-0.3, -0.25) is 13.9 Å². The largest absolute Gasteiger partial charge is 0.494 e. The highest BCUT2D eigenvalue weighted by molar-refractivity contribution is 6.35. The van der Waals surface area contributed by atoms with E-state index in [-0.39, 0.29) is 6.54 Å². The number of aryl methyl sites for hydroxylation is 2. The average molecular weight is 500 g/mol. The van der Waals surface area contributed by atoms with Crippen LogP contribution in [0.4, 0.5) is 11.6 Å². The van der Waals surface area contributed by atoms with E-state index in [0.717, 1.165) is 24.4 Å². The molecule has 0 aliphatic carbocycles. The molecule has 0 N–H and O–H groups in total. The van der Waals surface area contributed by atoms with Gasteiger partial charge in [-0.15, -0.1) is 0 Å². The first-order valence-electron chi connectivity index (χ1n) is 11.0. The van der Waals surface area contributed by atoms with Crippen molar-refractivity contribution in [2.45, 2.75) is 26.4 Å². The van der Waals surface area contributed by atoms with Crippen LogP contribution in [0.25, 0.3) is 11.2 Å². The summed E-state index contributed by atoms with van der Waals surface area (Å²) in [4.78, 5) is 33.5.